The van der Waals surface area contributed by atoms with Crippen molar-refractivity contribution in [1.29, 1.82) is 5.26 Å². The van der Waals surface area contributed by atoms with Gasteiger partial charge < -0.3 is 10.3 Å². The molecule has 4 aromatic rings. The minimum absolute atomic E-state index is 0.144. The van der Waals surface area contributed by atoms with Gasteiger partial charge in [-0.2, -0.15) is 5.26 Å². The molecule has 0 aliphatic heterocycles. The summed E-state index contributed by atoms with van der Waals surface area (Å²) in [7, 11) is 0. The summed E-state index contributed by atoms with van der Waals surface area (Å²) in [6, 6.07) is 19.9. The summed E-state index contributed by atoms with van der Waals surface area (Å²) in [6.45, 7) is 3.98. The minimum Gasteiger partial charge on any atom is -0.361 e. The number of H-pyrrole nitrogens is 1. The number of nitrogens with zero attached hydrogens (tertiary/aromatic N) is 2. The molecule has 0 atom stereocenters. The molecular formula is C24H20N4OS. The fraction of sp³-hybridized carbons (Fsp3) is 0.125. The molecule has 0 saturated heterocycles. The third-order valence-electron chi connectivity index (χ3n) is 4.80. The Morgan fingerprint density at radius 1 is 1.13 bits per heavy atom. The number of anilines is 1. The van der Waals surface area contributed by atoms with E-state index < -0.39 is 0 Å². The number of aromatic amines is 1. The van der Waals surface area contributed by atoms with Gasteiger partial charge in [0.15, 0.2) is 0 Å². The van der Waals surface area contributed by atoms with E-state index in [0.29, 0.717) is 10.6 Å². The van der Waals surface area contributed by atoms with E-state index in [0.717, 1.165) is 33.4 Å². The van der Waals surface area contributed by atoms with Crippen molar-refractivity contribution in [3.05, 3.63) is 77.5 Å². The lowest BCUT2D eigenvalue weighted by Crippen LogP contribution is -2.14. The molecule has 2 N–H and O–H groups in total. The Bertz CT molecular complexity index is 1270. The number of amides is 1. The first-order valence-electron chi connectivity index (χ1n) is 9.52. The van der Waals surface area contributed by atoms with Crippen LogP contribution in [0.3, 0.4) is 0 Å². The Labute approximate surface area is 179 Å². The number of nitriles is 1. The zero-order valence-corrected chi connectivity index (χ0v) is 17.5. The van der Waals surface area contributed by atoms with Crippen LogP contribution in [0.1, 0.15) is 16.7 Å². The molecule has 148 valence electrons. The Hall–Kier alpha value is -3.56. The molecule has 0 bridgehead atoms. The number of pyridine rings is 1. The van der Waals surface area contributed by atoms with E-state index in [1.165, 1.54) is 17.3 Å². The van der Waals surface area contributed by atoms with Crippen molar-refractivity contribution < 1.29 is 4.79 Å². The Morgan fingerprint density at radius 2 is 1.93 bits per heavy atom. The van der Waals surface area contributed by atoms with Gasteiger partial charge in [-0.3, -0.25) is 4.79 Å². The second kappa shape index (κ2) is 8.44. The van der Waals surface area contributed by atoms with Gasteiger partial charge in [-0.25, -0.2) is 4.98 Å². The average molecular weight is 413 g/mol. The van der Waals surface area contributed by atoms with E-state index in [-0.39, 0.29) is 11.7 Å². The summed E-state index contributed by atoms with van der Waals surface area (Å²) in [4.78, 5) is 20.3. The Morgan fingerprint density at radius 3 is 2.70 bits per heavy atom. The lowest BCUT2D eigenvalue weighted by atomic mass is 10.0. The number of carbonyl (C=O) groups excluding carboxylic acids is 1. The largest absolute Gasteiger partial charge is 0.361 e. The standard InChI is InChI=1S/C24H20N4OS/c1-15-3-5-18(6-4-15)23-16(2)11-19(13-25)24(28-23)30-14-22(29)27-20-8-7-17-9-10-26-21(17)12-20/h3-12,26H,14H2,1-2H3,(H,27,29). The number of thioether (sulfide) groups is 1. The molecule has 2 aromatic carbocycles. The number of fused-ring (bicyclic) bond motifs is 1. The van der Waals surface area contributed by atoms with Crippen molar-refractivity contribution in [2.75, 3.05) is 11.1 Å². The van der Waals surface area contributed by atoms with Crippen LogP contribution in [-0.4, -0.2) is 21.6 Å². The number of hydrogen-bond donors (Lipinski definition) is 2. The van der Waals surface area contributed by atoms with Crippen LogP contribution in [0.5, 0.6) is 0 Å². The van der Waals surface area contributed by atoms with Crippen LogP contribution < -0.4 is 5.32 Å². The zero-order valence-electron chi connectivity index (χ0n) is 16.7. The molecule has 5 nitrogen and oxygen atoms in total. The van der Waals surface area contributed by atoms with Crippen molar-refractivity contribution >= 4 is 34.3 Å². The number of aromatic nitrogens is 2. The second-order valence-corrected chi connectivity index (χ2v) is 8.07. The van der Waals surface area contributed by atoms with E-state index in [1.807, 2.05) is 74.6 Å². The molecular weight excluding hydrogens is 392 g/mol. The SMILES string of the molecule is Cc1ccc(-c2nc(SCC(=O)Nc3ccc4cc[nH]c4c3)c(C#N)cc2C)cc1. The molecule has 0 aliphatic rings. The van der Waals surface area contributed by atoms with Crippen molar-refractivity contribution in [3.63, 3.8) is 0 Å². The number of rotatable bonds is 5. The van der Waals surface area contributed by atoms with Crippen LogP contribution in [0.4, 0.5) is 5.69 Å². The first kappa shape index (κ1) is 19.7. The van der Waals surface area contributed by atoms with Gasteiger partial charge in [-0.15, -0.1) is 0 Å². The van der Waals surface area contributed by atoms with Gasteiger partial charge in [-0.05, 0) is 49.1 Å². The van der Waals surface area contributed by atoms with Gasteiger partial charge in [0.2, 0.25) is 5.91 Å². The van der Waals surface area contributed by atoms with Gasteiger partial charge in [-0.1, -0.05) is 47.7 Å². The number of aryl methyl sites for hydroxylation is 2. The first-order chi connectivity index (χ1) is 14.5. The molecule has 0 unspecified atom stereocenters. The normalized spacial score (nSPS) is 10.7. The number of benzene rings is 2. The average Bonchev–Trinajstić information content (AvgIpc) is 3.21. The number of nitrogens with one attached hydrogen (secondary N) is 2. The van der Waals surface area contributed by atoms with E-state index in [4.69, 9.17) is 4.98 Å². The zero-order chi connectivity index (χ0) is 21.1. The van der Waals surface area contributed by atoms with Crippen molar-refractivity contribution in [1.82, 2.24) is 9.97 Å². The molecule has 0 spiro atoms. The predicted octanol–water partition coefficient (Wildman–Crippen LogP) is 5.45. The number of hydrogen-bond acceptors (Lipinski definition) is 4. The fourth-order valence-electron chi connectivity index (χ4n) is 3.25. The van der Waals surface area contributed by atoms with Gasteiger partial charge in [0.25, 0.3) is 0 Å². The topological polar surface area (TPSA) is 81.6 Å². The van der Waals surface area contributed by atoms with Crippen molar-refractivity contribution in [2.45, 2.75) is 18.9 Å². The maximum absolute atomic E-state index is 12.5. The molecule has 2 aromatic heterocycles. The summed E-state index contributed by atoms with van der Waals surface area (Å²) in [5.41, 5.74) is 6.11. The molecule has 30 heavy (non-hydrogen) atoms. The third kappa shape index (κ3) is 4.22. The highest BCUT2D eigenvalue weighted by Crippen LogP contribution is 2.29. The maximum atomic E-state index is 12.5. The van der Waals surface area contributed by atoms with Crippen LogP contribution in [0.2, 0.25) is 0 Å². The summed E-state index contributed by atoms with van der Waals surface area (Å²) < 4.78 is 0. The van der Waals surface area contributed by atoms with E-state index in [1.54, 1.807) is 0 Å². The molecule has 0 saturated carbocycles. The molecule has 1 amide bonds. The van der Waals surface area contributed by atoms with Crippen molar-refractivity contribution in [3.8, 4) is 17.3 Å². The van der Waals surface area contributed by atoms with Crippen molar-refractivity contribution in [2.24, 2.45) is 0 Å². The second-order valence-electron chi connectivity index (χ2n) is 7.10. The summed E-state index contributed by atoms with van der Waals surface area (Å²) >= 11 is 1.27. The maximum Gasteiger partial charge on any atom is 0.234 e. The number of carbonyl (C=O) groups is 1. The van der Waals surface area contributed by atoms with E-state index in [9.17, 15) is 10.1 Å². The highest BCUT2D eigenvalue weighted by atomic mass is 32.2. The quantitative estimate of drug-likeness (QED) is 0.427. The van der Waals surface area contributed by atoms with Crippen LogP contribution in [0.25, 0.3) is 22.2 Å². The molecule has 0 fully saturated rings. The van der Waals surface area contributed by atoms with Crippen LogP contribution in [-0.2, 0) is 4.79 Å². The highest BCUT2D eigenvalue weighted by molar-refractivity contribution is 8.00. The monoisotopic (exact) mass is 412 g/mol. The van der Waals surface area contributed by atoms with Gasteiger partial charge in [0.05, 0.1) is 17.0 Å². The smallest absolute Gasteiger partial charge is 0.234 e. The molecule has 2 heterocycles. The molecule has 4 rings (SSSR count). The lowest BCUT2D eigenvalue weighted by Gasteiger charge is -2.11. The minimum atomic E-state index is -0.144. The fourth-order valence-corrected chi connectivity index (χ4v) is 4.00. The summed E-state index contributed by atoms with van der Waals surface area (Å²) in [6.07, 6.45) is 1.87. The third-order valence-corrected chi connectivity index (χ3v) is 5.79. The van der Waals surface area contributed by atoms with Gasteiger partial charge >= 0.3 is 0 Å². The predicted molar refractivity (Wildman–Crippen MR) is 122 cm³/mol. The highest BCUT2D eigenvalue weighted by Gasteiger charge is 2.13. The van der Waals surface area contributed by atoms with Gasteiger partial charge in [0.1, 0.15) is 11.1 Å². The summed E-state index contributed by atoms with van der Waals surface area (Å²) in [5, 5.41) is 14.1. The lowest BCUT2D eigenvalue weighted by molar-refractivity contribution is -0.113. The van der Waals surface area contributed by atoms with Crippen LogP contribution in [0.15, 0.2) is 65.8 Å². The molecule has 6 heteroatoms. The van der Waals surface area contributed by atoms with E-state index in [2.05, 4.69) is 16.4 Å². The Kier molecular flexibility index (Phi) is 5.55. The molecule has 0 radical (unpaired) electrons. The van der Waals surface area contributed by atoms with Gasteiger partial charge in [0, 0.05) is 23.0 Å². The van der Waals surface area contributed by atoms with E-state index >= 15 is 0 Å². The van der Waals surface area contributed by atoms with Crippen LogP contribution in [0, 0.1) is 25.2 Å². The summed E-state index contributed by atoms with van der Waals surface area (Å²) in [5.74, 6) is 0.0231. The Balaban J connectivity index is 1.51. The van der Waals surface area contributed by atoms with Crippen LogP contribution >= 0.6 is 11.8 Å². The first-order valence-corrected chi connectivity index (χ1v) is 10.5. The molecule has 0 aliphatic carbocycles.